The minimum absolute atomic E-state index is 0.120. The van der Waals surface area contributed by atoms with E-state index in [1.54, 1.807) is 12.1 Å². The van der Waals surface area contributed by atoms with Gasteiger partial charge in [0.25, 0.3) is 5.91 Å². The summed E-state index contributed by atoms with van der Waals surface area (Å²) in [5, 5.41) is 3.45. The van der Waals surface area contributed by atoms with E-state index in [0.717, 1.165) is 61.3 Å². The zero-order valence-corrected chi connectivity index (χ0v) is 21.9. The molecule has 1 N–H and O–H groups in total. The Bertz CT molecular complexity index is 1310. The van der Waals surface area contributed by atoms with Gasteiger partial charge < -0.3 is 14.6 Å². The van der Waals surface area contributed by atoms with Gasteiger partial charge in [0.15, 0.2) is 0 Å². The molecule has 1 heterocycles. The second-order valence-electron chi connectivity index (χ2n) is 9.19. The maximum absolute atomic E-state index is 12.3. The summed E-state index contributed by atoms with van der Waals surface area (Å²) < 4.78 is 8.41. The van der Waals surface area contributed by atoms with E-state index in [2.05, 4.69) is 60.1 Å². The third-order valence-corrected chi connectivity index (χ3v) is 6.67. The van der Waals surface area contributed by atoms with Crippen LogP contribution in [0.4, 0.5) is 0 Å². The predicted octanol–water partition coefficient (Wildman–Crippen LogP) is 6.92. The summed E-state index contributed by atoms with van der Waals surface area (Å²) in [6.45, 7) is 6.34. The summed E-state index contributed by atoms with van der Waals surface area (Å²) >= 11 is 6.11. The summed E-state index contributed by atoms with van der Waals surface area (Å²) in [6, 6.07) is 21.8. The lowest BCUT2D eigenvalue weighted by molar-refractivity contribution is 0.0953. The Morgan fingerprint density at radius 3 is 2.64 bits per heavy atom. The fourth-order valence-electron chi connectivity index (χ4n) is 4.36. The molecular formula is C30H34ClN3O2. The Balaban J connectivity index is 1.26. The number of halogens is 1. The van der Waals surface area contributed by atoms with Gasteiger partial charge in [0.1, 0.15) is 11.6 Å². The molecule has 4 rings (SSSR count). The number of rotatable bonds is 12. The van der Waals surface area contributed by atoms with Crippen molar-refractivity contribution in [2.45, 2.75) is 52.5 Å². The number of benzene rings is 3. The number of nitrogens with one attached hydrogen (secondary N) is 1. The molecule has 36 heavy (non-hydrogen) atoms. The predicted molar refractivity (Wildman–Crippen MR) is 147 cm³/mol. The molecule has 188 valence electrons. The van der Waals surface area contributed by atoms with E-state index in [0.29, 0.717) is 23.7 Å². The van der Waals surface area contributed by atoms with Gasteiger partial charge in [-0.2, -0.15) is 0 Å². The number of aryl methyl sites for hydroxylation is 4. The van der Waals surface area contributed by atoms with E-state index in [1.165, 1.54) is 11.1 Å². The summed E-state index contributed by atoms with van der Waals surface area (Å²) in [5.74, 6) is 1.96. The van der Waals surface area contributed by atoms with Crippen LogP contribution in [0, 0.1) is 13.8 Å². The van der Waals surface area contributed by atoms with Gasteiger partial charge in [0.2, 0.25) is 0 Å². The van der Waals surface area contributed by atoms with Crippen LogP contribution >= 0.6 is 11.6 Å². The number of fused-ring (bicyclic) bond motifs is 1. The number of aromatic nitrogens is 2. The smallest absolute Gasteiger partial charge is 0.252 e. The van der Waals surface area contributed by atoms with Gasteiger partial charge in [0, 0.05) is 19.5 Å². The number of hydrogen-bond acceptors (Lipinski definition) is 3. The van der Waals surface area contributed by atoms with Gasteiger partial charge in [-0.25, -0.2) is 4.98 Å². The number of carbonyl (C=O) groups excluding carboxylic acids is 1. The fourth-order valence-corrected chi connectivity index (χ4v) is 4.58. The van der Waals surface area contributed by atoms with Crippen molar-refractivity contribution in [1.82, 2.24) is 14.9 Å². The number of amides is 1. The monoisotopic (exact) mass is 503 g/mol. The van der Waals surface area contributed by atoms with E-state index in [1.807, 2.05) is 18.2 Å². The third-order valence-electron chi connectivity index (χ3n) is 6.34. The van der Waals surface area contributed by atoms with E-state index < -0.39 is 0 Å². The molecule has 3 aromatic carbocycles. The van der Waals surface area contributed by atoms with Crippen LogP contribution in [0.3, 0.4) is 0 Å². The summed E-state index contributed by atoms with van der Waals surface area (Å²) in [4.78, 5) is 17.2. The molecular weight excluding hydrogens is 470 g/mol. The maximum atomic E-state index is 12.3. The highest BCUT2D eigenvalue weighted by Crippen LogP contribution is 2.21. The third kappa shape index (κ3) is 6.67. The topological polar surface area (TPSA) is 56.1 Å². The van der Waals surface area contributed by atoms with Crippen molar-refractivity contribution in [1.29, 1.82) is 0 Å². The Morgan fingerprint density at radius 1 is 0.972 bits per heavy atom. The minimum atomic E-state index is -0.120. The van der Waals surface area contributed by atoms with Gasteiger partial charge >= 0.3 is 0 Å². The average molecular weight is 504 g/mol. The zero-order chi connectivity index (χ0) is 25.3. The first-order valence-electron chi connectivity index (χ1n) is 12.7. The van der Waals surface area contributed by atoms with Gasteiger partial charge in [-0.1, -0.05) is 54.4 Å². The largest absolute Gasteiger partial charge is 0.493 e. The van der Waals surface area contributed by atoms with Crippen molar-refractivity contribution in [3.8, 4) is 5.75 Å². The molecule has 6 heteroatoms. The Kier molecular flexibility index (Phi) is 9.01. The molecule has 1 amide bonds. The quantitative estimate of drug-likeness (QED) is 0.213. The lowest BCUT2D eigenvalue weighted by Crippen LogP contribution is -2.24. The molecule has 0 unspecified atom stereocenters. The van der Waals surface area contributed by atoms with Crippen molar-refractivity contribution >= 4 is 28.5 Å². The Morgan fingerprint density at radius 2 is 1.78 bits per heavy atom. The molecule has 0 bridgehead atoms. The van der Waals surface area contributed by atoms with E-state index in [9.17, 15) is 4.79 Å². The lowest BCUT2D eigenvalue weighted by Gasteiger charge is -2.12. The first-order chi connectivity index (χ1) is 17.5. The standard InChI is InChI=1S/C30H34ClN3O2/c1-22-16-17-23(2)28(21-22)36-20-10-19-34-27-14-8-7-13-26(27)33-29(34)15-4-3-9-18-32-30(35)24-11-5-6-12-25(24)31/h5-8,11-14,16-17,21H,3-4,9-10,15,18-20H2,1-2H3,(H,32,35). The SMILES string of the molecule is Cc1ccc(C)c(OCCCn2c(CCCCCNC(=O)c3ccccc3Cl)nc3ccccc32)c1. The minimum Gasteiger partial charge on any atom is -0.493 e. The maximum Gasteiger partial charge on any atom is 0.252 e. The van der Waals surface area contributed by atoms with Crippen molar-refractivity contribution in [2.24, 2.45) is 0 Å². The normalized spacial score (nSPS) is 11.1. The van der Waals surface area contributed by atoms with Crippen LogP contribution < -0.4 is 10.1 Å². The highest BCUT2D eigenvalue weighted by molar-refractivity contribution is 6.33. The number of imidazole rings is 1. The van der Waals surface area contributed by atoms with Crippen LogP contribution in [0.1, 0.15) is 53.0 Å². The highest BCUT2D eigenvalue weighted by atomic mass is 35.5. The van der Waals surface area contributed by atoms with Crippen molar-refractivity contribution in [2.75, 3.05) is 13.2 Å². The lowest BCUT2D eigenvalue weighted by atomic mass is 10.1. The van der Waals surface area contributed by atoms with E-state index >= 15 is 0 Å². The van der Waals surface area contributed by atoms with Crippen LogP contribution in [0.2, 0.25) is 5.02 Å². The number of para-hydroxylation sites is 2. The molecule has 1 aromatic heterocycles. The molecule has 0 saturated carbocycles. The Hall–Kier alpha value is -3.31. The molecule has 4 aromatic rings. The molecule has 0 radical (unpaired) electrons. The molecule has 0 aliphatic rings. The van der Waals surface area contributed by atoms with Gasteiger partial charge in [-0.15, -0.1) is 0 Å². The van der Waals surface area contributed by atoms with Gasteiger partial charge in [0.05, 0.1) is 28.2 Å². The molecule has 0 aliphatic heterocycles. The van der Waals surface area contributed by atoms with E-state index in [4.69, 9.17) is 21.3 Å². The number of carbonyl (C=O) groups is 1. The second-order valence-corrected chi connectivity index (χ2v) is 9.59. The molecule has 0 atom stereocenters. The Labute approximate surface area is 218 Å². The van der Waals surface area contributed by atoms with Crippen LogP contribution in [0.15, 0.2) is 66.7 Å². The summed E-state index contributed by atoms with van der Waals surface area (Å²) in [6.07, 6.45) is 4.77. The highest BCUT2D eigenvalue weighted by Gasteiger charge is 2.11. The molecule has 0 spiro atoms. The van der Waals surface area contributed by atoms with Crippen molar-refractivity contribution in [3.05, 3.63) is 94.3 Å². The number of ether oxygens (including phenoxy) is 1. The van der Waals surface area contributed by atoms with Gasteiger partial charge in [-0.05, 0) is 74.6 Å². The number of hydrogen-bond donors (Lipinski definition) is 1. The molecule has 0 saturated heterocycles. The van der Waals surface area contributed by atoms with E-state index in [-0.39, 0.29) is 5.91 Å². The average Bonchev–Trinajstić information content (AvgIpc) is 3.23. The zero-order valence-electron chi connectivity index (χ0n) is 21.1. The first kappa shape index (κ1) is 25.8. The number of nitrogens with zero attached hydrogens (tertiary/aromatic N) is 2. The van der Waals surface area contributed by atoms with Crippen LogP contribution in [0.5, 0.6) is 5.75 Å². The van der Waals surface area contributed by atoms with Gasteiger partial charge in [-0.3, -0.25) is 4.79 Å². The summed E-state index contributed by atoms with van der Waals surface area (Å²) in [5.41, 5.74) is 5.11. The van der Waals surface area contributed by atoms with Crippen LogP contribution in [-0.4, -0.2) is 28.6 Å². The number of unbranched alkanes of at least 4 members (excludes halogenated alkanes) is 2. The molecule has 0 aliphatic carbocycles. The van der Waals surface area contributed by atoms with Crippen molar-refractivity contribution in [3.63, 3.8) is 0 Å². The first-order valence-corrected chi connectivity index (χ1v) is 13.1. The fraction of sp³-hybridized carbons (Fsp3) is 0.333. The van der Waals surface area contributed by atoms with Crippen LogP contribution in [0.25, 0.3) is 11.0 Å². The summed E-state index contributed by atoms with van der Waals surface area (Å²) in [7, 11) is 0. The van der Waals surface area contributed by atoms with Crippen molar-refractivity contribution < 1.29 is 9.53 Å². The van der Waals surface area contributed by atoms with Crippen LogP contribution in [-0.2, 0) is 13.0 Å². The molecule has 0 fully saturated rings. The molecule has 5 nitrogen and oxygen atoms in total. The second kappa shape index (κ2) is 12.6.